The van der Waals surface area contributed by atoms with Crippen LogP contribution in [0.25, 0.3) is 5.65 Å². The molecule has 0 aliphatic heterocycles. The van der Waals surface area contributed by atoms with E-state index in [1.165, 1.54) is 12.1 Å². The van der Waals surface area contributed by atoms with Crippen LogP contribution in [0.1, 0.15) is 10.4 Å². The first-order valence-corrected chi connectivity index (χ1v) is 6.27. The molecule has 0 radical (unpaired) electrons. The lowest BCUT2D eigenvalue weighted by Crippen LogP contribution is -2.13. The quantitative estimate of drug-likeness (QED) is 0.543. The Labute approximate surface area is 99.4 Å². The second-order valence-electron chi connectivity index (χ2n) is 3.20. The maximum absolute atomic E-state index is 11.2. The third kappa shape index (κ3) is 1.94. The molecule has 0 saturated carbocycles. The summed E-state index contributed by atoms with van der Waals surface area (Å²) in [6.07, 6.45) is 0.966. The molecular formula is C8H6ClN2O5P. The molecule has 2 aromatic heterocycles. The Morgan fingerprint density at radius 2 is 2.06 bits per heavy atom. The number of nitrogens with zero attached hydrogens (tertiary/aromatic N) is 2. The second kappa shape index (κ2) is 3.82. The second-order valence-corrected chi connectivity index (χ2v) is 5.10. The molecule has 90 valence electrons. The summed E-state index contributed by atoms with van der Waals surface area (Å²) < 4.78 is 12.1. The monoisotopic (exact) mass is 276 g/mol. The minimum Gasteiger partial charge on any atom is -0.478 e. The van der Waals surface area contributed by atoms with E-state index >= 15 is 0 Å². The average Bonchev–Trinajstić information content (AvgIpc) is 2.61. The summed E-state index contributed by atoms with van der Waals surface area (Å²) in [5.74, 6) is -1.29. The molecule has 3 N–H and O–H groups in total. The lowest BCUT2D eigenvalue weighted by molar-refractivity contribution is 0.0696. The standard InChI is InChI=1S/C8H6ClN2O5P/c9-7-4(8(12)13)1-2-5-10-3-6(11(5)7)17(14,15)16/h1-3H,(H,12,13)(H2,14,15,16). The Hall–Kier alpha value is -1.40. The Morgan fingerprint density at radius 1 is 1.41 bits per heavy atom. The van der Waals surface area contributed by atoms with Crippen molar-refractivity contribution in [3.05, 3.63) is 29.0 Å². The van der Waals surface area contributed by atoms with Crippen molar-refractivity contribution in [3.8, 4) is 0 Å². The molecule has 0 aliphatic carbocycles. The van der Waals surface area contributed by atoms with Crippen molar-refractivity contribution in [2.75, 3.05) is 0 Å². The van der Waals surface area contributed by atoms with Gasteiger partial charge in [0.15, 0.2) is 5.44 Å². The van der Waals surface area contributed by atoms with E-state index in [9.17, 15) is 9.36 Å². The number of halogens is 1. The Balaban J connectivity index is 2.87. The molecule has 0 atom stereocenters. The highest BCUT2D eigenvalue weighted by Crippen LogP contribution is 2.34. The van der Waals surface area contributed by atoms with Gasteiger partial charge in [0, 0.05) is 0 Å². The number of carboxylic acids is 1. The lowest BCUT2D eigenvalue weighted by atomic mass is 10.3. The van der Waals surface area contributed by atoms with E-state index in [-0.39, 0.29) is 16.4 Å². The molecule has 0 bridgehead atoms. The number of hydrogen-bond donors (Lipinski definition) is 3. The molecule has 17 heavy (non-hydrogen) atoms. The molecule has 0 saturated heterocycles. The number of carboxylic acid groups (broad SMARTS) is 1. The van der Waals surface area contributed by atoms with Gasteiger partial charge in [-0.2, -0.15) is 0 Å². The maximum Gasteiger partial charge on any atom is 0.374 e. The fourth-order valence-corrected chi connectivity index (χ4v) is 2.44. The third-order valence-corrected chi connectivity index (χ3v) is 3.40. The van der Waals surface area contributed by atoms with Gasteiger partial charge in [-0.15, -0.1) is 0 Å². The normalized spacial score (nSPS) is 11.9. The van der Waals surface area contributed by atoms with Crippen LogP contribution in [0.5, 0.6) is 0 Å². The maximum atomic E-state index is 11.2. The van der Waals surface area contributed by atoms with Crippen LogP contribution >= 0.6 is 19.2 Å². The molecule has 0 aromatic carbocycles. The van der Waals surface area contributed by atoms with Gasteiger partial charge in [0.25, 0.3) is 0 Å². The van der Waals surface area contributed by atoms with E-state index in [2.05, 4.69) is 4.98 Å². The number of hydrogen-bond acceptors (Lipinski definition) is 3. The van der Waals surface area contributed by atoms with Gasteiger partial charge in [-0.3, -0.25) is 8.97 Å². The van der Waals surface area contributed by atoms with Crippen molar-refractivity contribution in [2.45, 2.75) is 0 Å². The zero-order chi connectivity index (χ0) is 12.8. The van der Waals surface area contributed by atoms with Crippen LogP contribution in [0.3, 0.4) is 0 Å². The zero-order valence-electron chi connectivity index (χ0n) is 8.11. The summed E-state index contributed by atoms with van der Waals surface area (Å²) in [5.41, 5.74) is -0.536. The predicted molar refractivity (Wildman–Crippen MR) is 58.8 cm³/mol. The third-order valence-electron chi connectivity index (χ3n) is 2.12. The number of carbonyl (C=O) groups is 1. The minimum atomic E-state index is -4.57. The van der Waals surface area contributed by atoms with Crippen LogP contribution < -0.4 is 5.44 Å². The first-order chi connectivity index (χ1) is 7.82. The highest BCUT2D eigenvalue weighted by Gasteiger charge is 2.25. The molecule has 2 rings (SSSR count). The lowest BCUT2D eigenvalue weighted by Gasteiger charge is -2.07. The number of pyridine rings is 1. The van der Waals surface area contributed by atoms with Gasteiger partial charge < -0.3 is 14.9 Å². The fourth-order valence-electron chi connectivity index (χ4n) is 1.39. The van der Waals surface area contributed by atoms with Gasteiger partial charge in [-0.25, -0.2) is 9.78 Å². The number of rotatable bonds is 2. The number of aromatic carboxylic acids is 1. The molecular weight excluding hydrogens is 271 g/mol. The Morgan fingerprint density at radius 3 is 2.59 bits per heavy atom. The molecule has 0 amide bonds. The van der Waals surface area contributed by atoms with Crippen LogP contribution in [-0.4, -0.2) is 30.2 Å². The van der Waals surface area contributed by atoms with E-state index in [0.29, 0.717) is 0 Å². The molecule has 0 fully saturated rings. The zero-order valence-corrected chi connectivity index (χ0v) is 9.76. The molecule has 0 unspecified atom stereocenters. The van der Waals surface area contributed by atoms with Crippen LogP contribution in [0.2, 0.25) is 5.15 Å². The van der Waals surface area contributed by atoms with Crippen molar-refractivity contribution < 1.29 is 24.3 Å². The summed E-state index contributed by atoms with van der Waals surface area (Å²) in [6, 6.07) is 2.53. The van der Waals surface area contributed by atoms with Crippen molar-refractivity contribution in [3.63, 3.8) is 0 Å². The molecule has 2 aromatic rings. The van der Waals surface area contributed by atoms with Gasteiger partial charge in [-0.1, -0.05) is 11.6 Å². The summed E-state index contributed by atoms with van der Waals surface area (Å²) in [5, 5.41) is 8.54. The average molecular weight is 277 g/mol. The summed E-state index contributed by atoms with van der Waals surface area (Å²) in [7, 11) is -4.57. The highest BCUT2D eigenvalue weighted by atomic mass is 35.5. The first-order valence-electron chi connectivity index (χ1n) is 4.27. The van der Waals surface area contributed by atoms with Crippen LogP contribution in [0, 0.1) is 0 Å². The largest absolute Gasteiger partial charge is 0.478 e. The molecule has 0 spiro atoms. The van der Waals surface area contributed by atoms with E-state index in [0.717, 1.165) is 10.6 Å². The molecule has 9 heteroatoms. The summed E-state index contributed by atoms with van der Waals surface area (Å²) >= 11 is 5.79. The van der Waals surface area contributed by atoms with Gasteiger partial charge in [0.1, 0.15) is 10.8 Å². The van der Waals surface area contributed by atoms with E-state index in [1.54, 1.807) is 0 Å². The number of fused-ring (bicyclic) bond motifs is 1. The highest BCUT2D eigenvalue weighted by molar-refractivity contribution is 7.60. The number of imidazole rings is 1. The van der Waals surface area contributed by atoms with Crippen LogP contribution in [0.15, 0.2) is 18.3 Å². The molecule has 0 aliphatic rings. The SMILES string of the molecule is O=C(O)c1ccc2ncc(P(=O)(O)O)n2c1Cl. The first kappa shape index (κ1) is 12.1. The topological polar surface area (TPSA) is 112 Å². The fraction of sp³-hybridized carbons (Fsp3) is 0. The Kier molecular flexibility index (Phi) is 2.71. The van der Waals surface area contributed by atoms with Crippen LogP contribution in [-0.2, 0) is 4.57 Å². The molecule has 2 heterocycles. The van der Waals surface area contributed by atoms with Gasteiger partial charge in [-0.05, 0) is 12.1 Å². The van der Waals surface area contributed by atoms with Crippen molar-refractivity contribution >= 4 is 36.2 Å². The van der Waals surface area contributed by atoms with E-state index < -0.39 is 19.0 Å². The van der Waals surface area contributed by atoms with Crippen LogP contribution in [0.4, 0.5) is 0 Å². The summed E-state index contributed by atoms with van der Waals surface area (Å²) in [6.45, 7) is 0. The predicted octanol–water partition coefficient (Wildman–Crippen LogP) is 0.489. The van der Waals surface area contributed by atoms with Crippen molar-refractivity contribution in [1.29, 1.82) is 0 Å². The minimum absolute atomic E-state index is 0.165. The van der Waals surface area contributed by atoms with E-state index in [4.69, 9.17) is 26.5 Å². The van der Waals surface area contributed by atoms with Crippen molar-refractivity contribution in [2.24, 2.45) is 0 Å². The van der Waals surface area contributed by atoms with Crippen molar-refractivity contribution in [1.82, 2.24) is 9.38 Å². The number of aromatic nitrogens is 2. The van der Waals surface area contributed by atoms with Gasteiger partial charge in [0.05, 0.1) is 11.8 Å². The van der Waals surface area contributed by atoms with Gasteiger partial charge >= 0.3 is 13.6 Å². The smallest absolute Gasteiger partial charge is 0.374 e. The Bertz CT molecular complexity index is 661. The van der Waals surface area contributed by atoms with E-state index in [1.807, 2.05) is 0 Å². The summed E-state index contributed by atoms with van der Waals surface area (Å²) in [4.78, 5) is 32.7. The molecule has 7 nitrogen and oxygen atoms in total. The van der Waals surface area contributed by atoms with Gasteiger partial charge in [0.2, 0.25) is 0 Å².